The van der Waals surface area contributed by atoms with Crippen molar-refractivity contribution in [2.75, 3.05) is 6.54 Å². The van der Waals surface area contributed by atoms with Crippen LogP contribution >= 0.6 is 11.6 Å². The van der Waals surface area contributed by atoms with Crippen molar-refractivity contribution in [3.05, 3.63) is 16.9 Å². The third-order valence-corrected chi connectivity index (χ3v) is 2.46. The number of aliphatic hydroxyl groups is 1. The molecule has 0 aliphatic carbocycles. The quantitative estimate of drug-likeness (QED) is 0.809. The van der Waals surface area contributed by atoms with Crippen molar-refractivity contribution in [1.29, 1.82) is 0 Å². The van der Waals surface area contributed by atoms with E-state index in [9.17, 15) is 5.11 Å². The van der Waals surface area contributed by atoms with Gasteiger partial charge in [-0.05, 0) is 6.92 Å². The lowest BCUT2D eigenvalue weighted by molar-refractivity contribution is 0.161. The predicted molar refractivity (Wildman–Crippen MR) is 61.0 cm³/mol. The Balaban J connectivity index is 2.71. The van der Waals surface area contributed by atoms with Gasteiger partial charge in [0.1, 0.15) is 6.10 Å². The Labute approximate surface area is 95.2 Å². The second-order valence-electron chi connectivity index (χ2n) is 3.77. The number of hydrogen-bond acceptors (Lipinski definition) is 3. The molecular weight excluding hydrogens is 214 g/mol. The molecule has 1 aromatic rings. The number of aryl methyl sites for hydroxylation is 1. The third kappa shape index (κ3) is 3.19. The van der Waals surface area contributed by atoms with E-state index >= 15 is 0 Å². The van der Waals surface area contributed by atoms with Crippen molar-refractivity contribution >= 4 is 11.6 Å². The molecule has 1 unspecified atom stereocenters. The van der Waals surface area contributed by atoms with Crippen LogP contribution in [0, 0.1) is 0 Å². The van der Waals surface area contributed by atoms with E-state index in [1.807, 2.05) is 20.8 Å². The van der Waals surface area contributed by atoms with E-state index in [4.69, 9.17) is 11.6 Å². The van der Waals surface area contributed by atoms with Crippen molar-refractivity contribution < 1.29 is 5.11 Å². The Bertz CT molecular complexity index is 312. The van der Waals surface area contributed by atoms with Crippen LogP contribution in [-0.2, 0) is 6.54 Å². The molecule has 0 aliphatic rings. The summed E-state index contributed by atoms with van der Waals surface area (Å²) in [5, 5.41) is 17.7. The first-order chi connectivity index (χ1) is 7.06. The van der Waals surface area contributed by atoms with Gasteiger partial charge in [0.15, 0.2) is 0 Å². The summed E-state index contributed by atoms with van der Waals surface area (Å²) in [5.74, 6) is 0. The number of aromatic nitrogens is 2. The zero-order chi connectivity index (χ0) is 11.4. The van der Waals surface area contributed by atoms with Crippen molar-refractivity contribution in [1.82, 2.24) is 15.1 Å². The number of aliphatic hydroxyl groups excluding tert-OH is 1. The lowest BCUT2D eigenvalue weighted by Crippen LogP contribution is -2.29. The van der Waals surface area contributed by atoms with Crippen LogP contribution in [0.5, 0.6) is 0 Å². The molecule has 4 nitrogen and oxygen atoms in total. The Hall–Kier alpha value is -0.580. The number of nitrogens with one attached hydrogen (secondary N) is 1. The molecule has 0 saturated heterocycles. The second-order valence-corrected chi connectivity index (χ2v) is 4.18. The highest BCUT2D eigenvalue weighted by molar-refractivity contribution is 6.31. The zero-order valence-corrected chi connectivity index (χ0v) is 10.1. The minimum Gasteiger partial charge on any atom is -0.385 e. The molecule has 0 amide bonds. The first-order valence-electron chi connectivity index (χ1n) is 5.18. The van der Waals surface area contributed by atoms with Crippen LogP contribution in [0.25, 0.3) is 0 Å². The first kappa shape index (κ1) is 12.5. The normalized spacial score (nSPS) is 13.5. The SMILES string of the molecule is CCn1ncc(Cl)c1C(O)CNC(C)C. The molecule has 2 N–H and O–H groups in total. The van der Waals surface area contributed by atoms with Crippen LogP contribution in [0.3, 0.4) is 0 Å². The molecular formula is C10H18ClN3O. The minimum absolute atomic E-state index is 0.344. The van der Waals surface area contributed by atoms with Crippen molar-refractivity contribution in [2.24, 2.45) is 0 Å². The summed E-state index contributed by atoms with van der Waals surface area (Å²) in [7, 11) is 0. The van der Waals surface area contributed by atoms with E-state index in [1.54, 1.807) is 10.9 Å². The van der Waals surface area contributed by atoms with Crippen LogP contribution in [0.1, 0.15) is 32.6 Å². The lowest BCUT2D eigenvalue weighted by Gasteiger charge is -2.15. The van der Waals surface area contributed by atoms with Crippen LogP contribution in [0.2, 0.25) is 5.02 Å². The van der Waals surface area contributed by atoms with Gasteiger partial charge in [0.2, 0.25) is 0 Å². The summed E-state index contributed by atoms with van der Waals surface area (Å²) in [6.07, 6.45) is 0.960. The summed E-state index contributed by atoms with van der Waals surface area (Å²) in [6, 6.07) is 0.344. The van der Waals surface area contributed by atoms with Gasteiger partial charge < -0.3 is 10.4 Å². The summed E-state index contributed by atoms with van der Waals surface area (Å²) >= 11 is 5.96. The van der Waals surface area contributed by atoms with Gasteiger partial charge in [0.05, 0.1) is 16.9 Å². The smallest absolute Gasteiger partial charge is 0.110 e. The maximum atomic E-state index is 9.94. The van der Waals surface area contributed by atoms with Gasteiger partial charge in [-0.3, -0.25) is 4.68 Å². The Kier molecular flexibility index (Phi) is 4.57. The van der Waals surface area contributed by atoms with Crippen molar-refractivity contribution in [2.45, 2.75) is 39.5 Å². The first-order valence-corrected chi connectivity index (χ1v) is 5.56. The van der Waals surface area contributed by atoms with Crippen LogP contribution in [0.15, 0.2) is 6.20 Å². The molecule has 1 atom stereocenters. The molecule has 0 saturated carbocycles. The zero-order valence-electron chi connectivity index (χ0n) is 9.37. The van der Waals surface area contributed by atoms with Gasteiger partial charge in [-0.2, -0.15) is 5.10 Å². The molecule has 1 heterocycles. The highest BCUT2D eigenvalue weighted by Crippen LogP contribution is 2.22. The third-order valence-electron chi connectivity index (χ3n) is 2.17. The largest absolute Gasteiger partial charge is 0.385 e. The number of hydrogen-bond donors (Lipinski definition) is 2. The van der Waals surface area contributed by atoms with Crippen molar-refractivity contribution in [3.63, 3.8) is 0 Å². The van der Waals surface area contributed by atoms with Gasteiger partial charge >= 0.3 is 0 Å². The Morgan fingerprint density at radius 2 is 2.27 bits per heavy atom. The van der Waals surface area contributed by atoms with E-state index in [1.165, 1.54) is 0 Å². The molecule has 1 aromatic heterocycles. The van der Waals surface area contributed by atoms with E-state index < -0.39 is 6.10 Å². The molecule has 5 heteroatoms. The van der Waals surface area contributed by atoms with Gasteiger partial charge in [0, 0.05) is 19.1 Å². The number of halogens is 1. The van der Waals surface area contributed by atoms with Crippen LogP contribution < -0.4 is 5.32 Å². The fourth-order valence-electron chi connectivity index (χ4n) is 1.40. The maximum Gasteiger partial charge on any atom is 0.110 e. The van der Waals surface area contributed by atoms with E-state index in [-0.39, 0.29) is 0 Å². The van der Waals surface area contributed by atoms with E-state index in [2.05, 4.69) is 10.4 Å². The summed E-state index contributed by atoms with van der Waals surface area (Å²) in [6.45, 7) is 7.23. The fourth-order valence-corrected chi connectivity index (χ4v) is 1.67. The van der Waals surface area contributed by atoms with E-state index in [0.29, 0.717) is 29.8 Å². The summed E-state index contributed by atoms with van der Waals surface area (Å²) < 4.78 is 1.72. The Morgan fingerprint density at radius 1 is 1.60 bits per heavy atom. The topological polar surface area (TPSA) is 50.1 Å². The van der Waals surface area contributed by atoms with E-state index in [0.717, 1.165) is 0 Å². The Morgan fingerprint density at radius 3 is 2.80 bits per heavy atom. The molecule has 0 spiro atoms. The van der Waals surface area contributed by atoms with Crippen molar-refractivity contribution in [3.8, 4) is 0 Å². The second kappa shape index (κ2) is 5.49. The molecule has 0 radical (unpaired) electrons. The lowest BCUT2D eigenvalue weighted by atomic mass is 10.2. The highest BCUT2D eigenvalue weighted by atomic mass is 35.5. The summed E-state index contributed by atoms with van der Waals surface area (Å²) in [4.78, 5) is 0. The average molecular weight is 232 g/mol. The number of rotatable bonds is 5. The summed E-state index contributed by atoms with van der Waals surface area (Å²) in [5.41, 5.74) is 0.687. The minimum atomic E-state index is -0.609. The van der Waals surface area contributed by atoms with Gasteiger partial charge in [-0.15, -0.1) is 0 Å². The molecule has 0 aliphatic heterocycles. The number of nitrogens with zero attached hydrogens (tertiary/aromatic N) is 2. The molecule has 15 heavy (non-hydrogen) atoms. The van der Waals surface area contributed by atoms with Crippen LogP contribution in [0.4, 0.5) is 0 Å². The molecule has 0 fully saturated rings. The van der Waals surface area contributed by atoms with Gasteiger partial charge in [-0.1, -0.05) is 25.4 Å². The molecule has 86 valence electrons. The maximum absolute atomic E-state index is 9.94. The fraction of sp³-hybridized carbons (Fsp3) is 0.700. The predicted octanol–water partition coefficient (Wildman–Crippen LogP) is 1.59. The van der Waals surface area contributed by atoms with Crippen LogP contribution in [-0.4, -0.2) is 27.5 Å². The molecule has 1 rings (SSSR count). The molecule has 0 aromatic carbocycles. The monoisotopic (exact) mass is 231 g/mol. The average Bonchev–Trinajstić information content (AvgIpc) is 2.56. The standard InChI is InChI=1S/C10H18ClN3O/c1-4-14-10(8(11)5-13-14)9(15)6-12-7(2)3/h5,7,9,12,15H,4,6H2,1-3H3. The highest BCUT2D eigenvalue weighted by Gasteiger charge is 2.17. The molecule has 0 bridgehead atoms. The van der Waals surface area contributed by atoms with Gasteiger partial charge in [-0.25, -0.2) is 0 Å². The van der Waals surface area contributed by atoms with Gasteiger partial charge in [0.25, 0.3) is 0 Å².